The molecule has 1 aliphatic rings. The van der Waals surface area contributed by atoms with Gasteiger partial charge >= 0.3 is 11.7 Å². The molecular weight excluding hydrogens is 232 g/mol. The molecule has 0 aromatic carbocycles. The number of nitrogens with zero attached hydrogens (tertiary/aromatic N) is 2. The molecule has 2 rings (SSSR count). The summed E-state index contributed by atoms with van der Waals surface area (Å²) in [7, 11) is 0. The monoisotopic (exact) mass is 250 g/mol. The third kappa shape index (κ3) is 2.17. The second-order valence-corrected chi connectivity index (χ2v) is 5.27. The lowest BCUT2D eigenvalue weighted by Crippen LogP contribution is -2.34. The van der Waals surface area contributed by atoms with Crippen LogP contribution >= 0.6 is 0 Å². The Balaban J connectivity index is 2.47. The van der Waals surface area contributed by atoms with Crippen LogP contribution in [-0.2, 0) is 16.8 Å². The Bertz CT molecular complexity index is 556. The van der Waals surface area contributed by atoms with Crippen LogP contribution in [0.25, 0.3) is 0 Å². The fraction of sp³-hybridized carbons (Fsp3) is 0.615. The highest BCUT2D eigenvalue weighted by Crippen LogP contribution is 2.42. The molecule has 5 heteroatoms. The number of hydrogen-bond acceptors (Lipinski definition) is 3. The molecule has 18 heavy (non-hydrogen) atoms. The van der Waals surface area contributed by atoms with Crippen LogP contribution in [0.2, 0.25) is 0 Å². The SMILES string of the molecule is Cc1nc(=O)n(C2(C)CC2)c(C)c1CCC(=O)O. The summed E-state index contributed by atoms with van der Waals surface area (Å²) >= 11 is 0. The lowest BCUT2D eigenvalue weighted by atomic mass is 10.1. The molecular formula is C13H18N2O3. The highest BCUT2D eigenvalue weighted by atomic mass is 16.4. The molecule has 0 bridgehead atoms. The van der Waals surface area contributed by atoms with Crippen LogP contribution in [0.3, 0.4) is 0 Å². The van der Waals surface area contributed by atoms with E-state index in [0.717, 1.165) is 24.1 Å². The quantitative estimate of drug-likeness (QED) is 0.876. The average molecular weight is 250 g/mol. The minimum absolute atomic E-state index is 0.0677. The van der Waals surface area contributed by atoms with Crippen LogP contribution in [-0.4, -0.2) is 20.6 Å². The number of hydrogen-bond donors (Lipinski definition) is 1. The maximum Gasteiger partial charge on any atom is 0.348 e. The Morgan fingerprint density at radius 2 is 2.06 bits per heavy atom. The molecule has 0 aliphatic heterocycles. The van der Waals surface area contributed by atoms with Gasteiger partial charge in [0.2, 0.25) is 0 Å². The Labute approximate surface area is 105 Å². The topological polar surface area (TPSA) is 72.2 Å². The summed E-state index contributed by atoms with van der Waals surface area (Å²) in [6.45, 7) is 5.70. The van der Waals surface area contributed by atoms with Gasteiger partial charge in [-0.15, -0.1) is 0 Å². The minimum atomic E-state index is -0.829. The van der Waals surface area contributed by atoms with Gasteiger partial charge in [-0.1, -0.05) is 0 Å². The van der Waals surface area contributed by atoms with Gasteiger partial charge in [0.05, 0.1) is 0 Å². The summed E-state index contributed by atoms with van der Waals surface area (Å²) in [5.74, 6) is -0.829. The molecule has 1 aromatic rings. The first-order valence-corrected chi connectivity index (χ1v) is 6.16. The molecule has 98 valence electrons. The summed E-state index contributed by atoms with van der Waals surface area (Å²) in [5.41, 5.74) is 2.09. The minimum Gasteiger partial charge on any atom is -0.481 e. The fourth-order valence-electron chi connectivity index (χ4n) is 2.44. The van der Waals surface area contributed by atoms with Crippen molar-refractivity contribution in [3.05, 3.63) is 27.4 Å². The van der Waals surface area contributed by atoms with E-state index in [4.69, 9.17) is 5.11 Å². The highest BCUT2D eigenvalue weighted by Gasteiger charge is 2.41. The average Bonchev–Trinajstić information content (AvgIpc) is 2.95. The van der Waals surface area contributed by atoms with E-state index in [0.29, 0.717) is 12.1 Å². The van der Waals surface area contributed by atoms with Crippen molar-refractivity contribution in [2.24, 2.45) is 0 Å². The third-order valence-electron chi connectivity index (χ3n) is 3.77. The molecule has 1 N–H and O–H groups in total. The Hall–Kier alpha value is -1.65. The fourth-order valence-corrected chi connectivity index (χ4v) is 2.44. The molecule has 0 unspecified atom stereocenters. The summed E-state index contributed by atoms with van der Waals surface area (Å²) in [4.78, 5) is 26.7. The molecule has 1 aliphatic carbocycles. The lowest BCUT2D eigenvalue weighted by Gasteiger charge is -2.20. The number of aryl methyl sites for hydroxylation is 1. The number of carbonyl (C=O) groups is 1. The van der Waals surface area contributed by atoms with Crippen molar-refractivity contribution in [1.29, 1.82) is 0 Å². The van der Waals surface area contributed by atoms with E-state index < -0.39 is 5.97 Å². The van der Waals surface area contributed by atoms with Gasteiger partial charge in [-0.05, 0) is 45.6 Å². The standard InChI is InChI=1S/C13H18N2O3/c1-8-10(4-5-11(16)17)9(2)15(12(18)14-8)13(3)6-7-13/h4-7H2,1-3H3,(H,16,17). The molecule has 0 atom stereocenters. The normalized spacial score (nSPS) is 16.6. The van der Waals surface area contributed by atoms with Gasteiger partial charge in [-0.2, -0.15) is 4.98 Å². The largest absolute Gasteiger partial charge is 0.481 e. The maximum atomic E-state index is 12.0. The van der Waals surface area contributed by atoms with Crippen LogP contribution in [0.15, 0.2) is 4.79 Å². The number of carboxylic acid groups (broad SMARTS) is 1. The number of aliphatic carboxylic acids is 1. The molecule has 0 saturated heterocycles. The molecule has 0 radical (unpaired) electrons. The lowest BCUT2D eigenvalue weighted by molar-refractivity contribution is -0.136. The van der Waals surface area contributed by atoms with Gasteiger partial charge in [0.15, 0.2) is 0 Å². The van der Waals surface area contributed by atoms with Gasteiger partial charge in [0.1, 0.15) is 0 Å². The predicted molar refractivity (Wildman–Crippen MR) is 66.8 cm³/mol. The summed E-state index contributed by atoms with van der Waals surface area (Å²) in [5, 5.41) is 8.76. The van der Waals surface area contributed by atoms with Crippen LogP contribution in [0.1, 0.15) is 43.1 Å². The van der Waals surface area contributed by atoms with E-state index in [1.165, 1.54) is 0 Å². The van der Waals surface area contributed by atoms with Crippen LogP contribution in [0, 0.1) is 13.8 Å². The summed E-state index contributed by atoms with van der Waals surface area (Å²) in [6, 6.07) is 0. The van der Waals surface area contributed by atoms with Crippen LogP contribution < -0.4 is 5.69 Å². The second-order valence-electron chi connectivity index (χ2n) is 5.27. The molecule has 1 saturated carbocycles. The molecule has 1 aromatic heterocycles. The molecule has 0 amide bonds. The zero-order valence-electron chi connectivity index (χ0n) is 11.0. The molecule has 1 heterocycles. The van der Waals surface area contributed by atoms with Crippen molar-refractivity contribution in [2.45, 2.75) is 52.0 Å². The van der Waals surface area contributed by atoms with Crippen molar-refractivity contribution >= 4 is 5.97 Å². The third-order valence-corrected chi connectivity index (χ3v) is 3.77. The van der Waals surface area contributed by atoms with E-state index in [9.17, 15) is 9.59 Å². The van der Waals surface area contributed by atoms with Gasteiger partial charge in [-0.25, -0.2) is 4.79 Å². The van der Waals surface area contributed by atoms with Crippen molar-refractivity contribution in [3.8, 4) is 0 Å². The van der Waals surface area contributed by atoms with E-state index in [-0.39, 0.29) is 17.6 Å². The van der Waals surface area contributed by atoms with E-state index in [2.05, 4.69) is 4.98 Å². The first kappa shape index (κ1) is 12.8. The molecule has 1 fully saturated rings. The maximum absolute atomic E-state index is 12.0. The van der Waals surface area contributed by atoms with E-state index in [1.807, 2.05) is 13.8 Å². The van der Waals surface area contributed by atoms with Crippen LogP contribution in [0.4, 0.5) is 0 Å². The van der Waals surface area contributed by atoms with Crippen LogP contribution in [0.5, 0.6) is 0 Å². The van der Waals surface area contributed by atoms with Crippen molar-refractivity contribution in [2.75, 3.05) is 0 Å². The summed E-state index contributed by atoms with van der Waals surface area (Å²) in [6.07, 6.45) is 2.46. The van der Waals surface area contributed by atoms with Crippen molar-refractivity contribution in [1.82, 2.24) is 9.55 Å². The summed E-state index contributed by atoms with van der Waals surface area (Å²) < 4.78 is 1.73. The first-order valence-electron chi connectivity index (χ1n) is 6.16. The second kappa shape index (κ2) is 4.23. The van der Waals surface area contributed by atoms with E-state index in [1.54, 1.807) is 11.5 Å². The Morgan fingerprint density at radius 1 is 1.44 bits per heavy atom. The molecule has 5 nitrogen and oxygen atoms in total. The van der Waals surface area contributed by atoms with Crippen molar-refractivity contribution < 1.29 is 9.90 Å². The van der Waals surface area contributed by atoms with Gasteiger partial charge in [-0.3, -0.25) is 9.36 Å². The van der Waals surface area contributed by atoms with E-state index >= 15 is 0 Å². The first-order chi connectivity index (χ1) is 8.35. The zero-order valence-corrected chi connectivity index (χ0v) is 11.0. The zero-order chi connectivity index (χ0) is 13.5. The van der Waals surface area contributed by atoms with Gasteiger partial charge in [0.25, 0.3) is 0 Å². The Morgan fingerprint density at radius 3 is 2.56 bits per heavy atom. The predicted octanol–water partition coefficient (Wildman–Crippen LogP) is 1.39. The molecule has 0 spiro atoms. The number of aromatic nitrogens is 2. The van der Waals surface area contributed by atoms with Crippen molar-refractivity contribution in [3.63, 3.8) is 0 Å². The smallest absolute Gasteiger partial charge is 0.348 e. The van der Waals surface area contributed by atoms with Gasteiger partial charge < -0.3 is 5.11 Å². The van der Waals surface area contributed by atoms with Gasteiger partial charge in [0, 0.05) is 23.3 Å². The Kier molecular flexibility index (Phi) is 3.00. The number of carboxylic acids is 1. The highest BCUT2D eigenvalue weighted by molar-refractivity contribution is 5.67. The number of rotatable bonds is 4.